The molecule has 0 aliphatic rings. The van der Waals surface area contributed by atoms with E-state index < -0.39 is 6.36 Å². The predicted molar refractivity (Wildman–Crippen MR) is 91.1 cm³/mol. The van der Waals surface area contributed by atoms with Crippen molar-refractivity contribution in [2.24, 2.45) is 0 Å². The van der Waals surface area contributed by atoms with Crippen LogP contribution >= 0.6 is 22.7 Å². The second-order valence-electron chi connectivity index (χ2n) is 5.05. The Morgan fingerprint density at radius 2 is 1.84 bits per heavy atom. The average Bonchev–Trinajstić information content (AvgIpc) is 3.25. The van der Waals surface area contributed by atoms with Gasteiger partial charge in [-0.15, -0.1) is 24.5 Å². The van der Waals surface area contributed by atoms with E-state index in [9.17, 15) is 18.0 Å². The molecule has 2 heterocycles. The first kappa shape index (κ1) is 17.5. The van der Waals surface area contributed by atoms with Crippen molar-refractivity contribution in [1.82, 2.24) is 5.32 Å². The number of hydrogen-bond donors (Lipinski definition) is 1. The maximum Gasteiger partial charge on any atom is 0.573 e. The highest BCUT2D eigenvalue weighted by Gasteiger charge is 2.31. The van der Waals surface area contributed by atoms with E-state index >= 15 is 0 Å². The predicted octanol–water partition coefficient (Wildman–Crippen LogP) is 5.23. The second kappa shape index (κ2) is 7.28. The summed E-state index contributed by atoms with van der Waals surface area (Å²) in [6.45, 7) is 0. The first-order valence-electron chi connectivity index (χ1n) is 7.14. The summed E-state index contributed by atoms with van der Waals surface area (Å²) < 4.78 is 40.4. The molecule has 0 spiro atoms. The minimum Gasteiger partial charge on any atom is -0.406 e. The lowest BCUT2D eigenvalue weighted by Crippen LogP contribution is -2.28. The maximum atomic E-state index is 12.5. The minimum absolute atomic E-state index is 0.256. The molecule has 8 heteroatoms. The van der Waals surface area contributed by atoms with Crippen molar-refractivity contribution in [2.75, 3.05) is 0 Å². The standard InChI is InChI=1S/C17H12F3NO2S2/c18-17(19,20)23-13-5-3-11(4-6-13)16(22)21-15(12-7-9-24-10-12)14-2-1-8-25-14/h1-10,15H,(H,21,22). The molecule has 0 radical (unpaired) electrons. The molecule has 3 nitrogen and oxygen atoms in total. The SMILES string of the molecule is O=C(NC(c1ccsc1)c1cccs1)c1ccc(OC(F)(F)F)cc1. The van der Waals surface area contributed by atoms with Crippen molar-refractivity contribution in [1.29, 1.82) is 0 Å². The van der Waals surface area contributed by atoms with Crippen LogP contribution in [0, 0.1) is 0 Å². The molecule has 3 aromatic rings. The number of rotatable bonds is 5. The van der Waals surface area contributed by atoms with Crippen molar-refractivity contribution in [3.05, 3.63) is 74.6 Å². The lowest BCUT2D eigenvalue weighted by molar-refractivity contribution is -0.274. The van der Waals surface area contributed by atoms with E-state index in [-0.39, 0.29) is 23.3 Å². The van der Waals surface area contributed by atoms with Crippen LogP contribution in [0.2, 0.25) is 0 Å². The third kappa shape index (κ3) is 4.61. The molecule has 130 valence electrons. The molecule has 25 heavy (non-hydrogen) atoms. The van der Waals surface area contributed by atoms with Gasteiger partial charge in [-0.3, -0.25) is 4.79 Å². The molecule has 0 saturated heterocycles. The Morgan fingerprint density at radius 1 is 1.08 bits per heavy atom. The van der Waals surface area contributed by atoms with Crippen LogP contribution in [0.3, 0.4) is 0 Å². The average molecular weight is 383 g/mol. The van der Waals surface area contributed by atoms with Gasteiger partial charge in [0.1, 0.15) is 5.75 Å². The minimum atomic E-state index is -4.76. The Labute approximate surface area is 149 Å². The molecular formula is C17H12F3NO2S2. The van der Waals surface area contributed by atoms with Gasteiger partial charge in [-0.2, -0.15) is 11.3 Å². The topological polar surface area (TPSA) is 38.3 Å². The van der Waals surface area contributed by atoms with Gasteiger partial charge in [0.2, 0.25) is 0 Å². The number of carbonyl (C=O) groups excluding carboxylic acids is 1. The Kier molecular flexibility index (Phi) is 5.10. The number of alkyl halides is 3. The molecule has 0 saturated carbocycles. The number of halogens is 3. The van der Waals surface area contributed by atoms with Gasteiger partial charge in [0, 0.05) is 10.4 Å². The van der Waals surface area contributed by atoms with Crippen molar-refractivity contribution in [3.8, 4) is 5.75 Å². The Bertz CT molecular complexity index is 778. The van der Waals surface area contributed by atoms with Crippen molar-refractivity contribution < 1.29 is 22.7 Å². The van der Waals surface area contributed by atoms with Gasteiger partial charge in [0.05, 0.1) is 6.04 Å². The van der Waals surface area contributed by atoms with Gasteiger partial charge in [0.15, 0.2) is 0 Å². The quantitative estimate of drug-likeness (QED) is 0.655. The van der Waals surface area contributed by atoms with Gasteiger partial charge >= 0.3 is 6.36 Å². The van der Waals surface area contributed by atoms with Crippen LogP contribution in [0.4, 0.5) is 13.2 Å². The van der Waals surface area contributed by atoms with Crippen molar-refractivity contribution in [3.63, 3.8) is 0 Å². The summed E-state index contributed by atoms with van der Waals surface area (Å²) >= 11 is 3.05. The van der Waals surface area contributed by atoms with Crippen LogP contribution in [0.1, 0.15) is 26.8 Å². The molecule has 3 rings (SSSR count). The molecule has 0 bridgehead atoms. The summed E-state index contributed by atoms with van der Waals surface area (Å²) in [6, 6.07) is 10.3. The summed E-state index contributed by atoms with van der Waals surface area (Å²) in [5.74, 6) is -0.736. The van der Waals surface area contributed by atoms with Gasteiger partial charge in [0.25, 0.3) is 5.91 Å². The van der Waals surface area contributed by atoms with Crippen LogP contribution in [0.15, 0.2) is 58.6 Å². The van der Waals surface area contributed by atoms with Gasteiger partial charge in [-0.25, -0.2) is 0 Å². The zero-order valence-corrected chi connectivity index (χ0v) is 14.3. The summed E-state index contributed by atoms with van der Waals surface area (Å²) in [5.41, 5.74) is 1.21. The molecule has 2 aromatic heterocycles. The van der Waals surface area contributed by atoms with Crippen molar-refractivity contribution in [2.45, 2.75) is 12.4 Å². The third-order valence-corrected chi connectivity index (χ3v) is 4.97. The Balaban J connectivity index is 1.76. The molecule has 1 aromatic carbocycles. The maximum absolute atomic E-state index is 12.5. The number of ether oxygens (including phenoxy) is 1. The number of benzene rings is 1. The molecular weight excluding hydrogens is 371 g/mol. The van der Waals surface area contributed by atoms with E-state index in [1.165, 1.54) is 34.8 Å². The van der Waals surface area contributed by atoms with Gasteiger partial charge < -0.3 is 10.1 Å². The zero-order chi connectivity index (χ0) is 17.9. The first-order valence-corrected chi connectivity index (χ1v) is 8.97. The van der Waals surface area contributed by atoms with Crippen LogP contribution in [-0.4, -0.2) is 12.3 Å². The number of nitrogens with one attached hydrogen (secondary N) is 1. The molecule has 0 aliphatic heterocycles. The molecule has 1 atom stereocenters. The largest absolute Gasteiger partial charge is 0.573 e. The van der Waals surface area contributed by atoms with E-state index in [1.807, 2.05) is 34.3 Å². The van der Waals surface area contributed by atoms with Crippen LogP contribution in [0.5, 0.6) is 5.75 Å². The fourth-order valence-corrected chi connectivity index (χ4v) is 3.72. The lowest BCUT2D eigenvalue weighted by atomic mass is 10.1. The summed E-state index contributed by atoms with van der Waals surface area (Å²) in [6.07, 6.45) is -4.76. The fraction of sp³-hybridized carbons (Fsp3) is 0.118. The van der Waals surface area contributed by atoms with E-state index in [4.69, 9.17) is 0 Å². The molecule has 0 aliphatic carbocycles. The van der Waals surface area contributed by atoms with E-state index in [0.29, 0.717) is 0 Å². The monoisotopic (exact) mass is 383 g/mol. The van der Waals surface area contributed by atoms with E-state index in [0.717, 1.165) is 22.6 Å². The highest BCUT2D eigenvalue weighted by Crippen LogP contribution is 2.28. The molecule has 1 unspecified atom stereocenters. The first-order chi connectivity index (χ1) is 11.9. The van der Waals surface area contributed by atoms with E-state index in [1.54, 1.807) is 0 Å². The molecule has 0 fully saturated rings. The van der Waals surface area contributed by atoms with Crippen molar-refractivity contribution >= 4 is 28.6 Å². The number of hydrogen-bond acceptors (Lipinski definition) is 4. The number of carbonyl (C=O) groups is 1. The highest BCUT2D eigenvalue weighted by atomic mass is 32.1. The summed E-state index contributed by atoms with van der Waals surface area (Å²) in [5, 5.41) is 8.71. The zero-order valence-electron chi connectivity index (χ0n) is 12.6. The Hall–Kier alpha value is -2.32. The normalized spacial score (nSPS) is 12.6. The van der Waals surface area contributed by atoms with Gasteiger partial charge in [-0.1, -0.05) is 6.07 Å². The fourth-order valence-electron chi connectivity index (χ4n) is 2.24. The van der Waals surface area contributed by atoms with Crippen LogP contribution in [-0.2, 0) is 0 Å². The van der Waals surface area contributed by atoms with Crippen LogP contribution < -0.4 is 10.1 Å². The summed E-state index contributed by atoms with van der Waals surface area (Å²) in [7, 11) is 0. The number of amides is 1. The summed E-state index contributed by atoms with van der Waals surface area (Å²) in [4.78, 5) is 13.5. The lowest BCUT2D eigenvalue weighted by Gasteiger charge is -2.17. The van der Waals surface area contributed by atoms with Crippen LogP contribution in [0.25, 0.3) is 0 Å². The molecule has 1 N–H and O–H groups in total. The highest BCUT2D eigenvalue weighted by molar-refractivity contribution is 7.10. The Morgan fingerprint density at radius 3 is 2.40 bits per heavy atom. The van der Waals surface area contributed by atoms with Gasteiger partial charge in [-0.05, 0) is 58.1 Å². The molecule has 1 amide bonds. The third-order valence-electron chi connectivity index (χ3n) is 3.33. The van der Waals surface area contributed by atoms with E-state index in [2.05, 4.69) is 10.1 Å². The number of thiophene rings is 2. The second-order valence-corrected chi connectivity index (χ2v) is 6.81. The smallest absolute Gasteiger partial charge is 0.406 e.